The summed E-state index contributed by atoms with van der Waals surface area (Å²) in [5.41, 5.74) is 3.18. The number of anilines is 1. The van der Waals surface area contributed by atoms with Crippen LogP contribution in [-0.4, -0.2) is 37.8 Å². The standard InChI is InChI=1S/C19H22N6O2S/c1-3-24-11-14(9-21-24)8-20-19(28)23-16-10-22-25(13-16)12-15-6-4-5-7-17(15)18(26)27-2/h4-7,9-11,13H,3,8,12H2,1-2H3,(H2,20,23,28). The molecule has 0 saturated carbocycles. The minimum absolute atomic E-state index is 0.363. The van der Waals surface area contributed by atoms with Crippen molar-refractivity contribution in [2.45, 2.75) is 26.6 Å². The Morgan fingerprint density at radius 3 is 2.71 bits per heavy atom. The quantitative estimate of drug-likeness (QED) is 0.467. The van der Waals surface area contributed by atoms with Gasteiger partial charge < -0.3 is 15.4 Å². The molecule has 146 valence electrons. The fourth-order valence-corrected chi connectivity index (χ4v) is 2.87. The number of rotatable bonds is 7. The molecule has 0 saturated heterocycles. The fraction of sp³-hybridized carbons (Fsp3) is 0.263. The Hall–Kier alpha value is -3.20. The van der Waals surface area contributed by atoms with Gasteiger partial charge >= 0.3 is 5.97 Å². The number of benzene rings is 1. The minimum Gasteiger partial charge on any atom is -0.465 e. The Kier molecular flexibility index (Phi) is 6.38. The molecule has 9 heteroatoms. The first kappa shape index (κ1) is 19.6. The lowest BCUT2D eigenvalue weighted by Gasteiger charge is -2.08. The number of hydrogen-bond acceptors (Lipinski definition) is 5. The highest BCUT2D eigenvalue weighted by atomic mass is 32.1. The molecule has 0 spiro atoms. The van der Waals surface area contributed by atoms with Crippen molar-refractivity contribution in [2.75, 3.05) is 12.4 Å². The van der Waals surface area contributed by atoms with Crippen molar-refractivity contribution in [3.05, 3.63) is 65.7 Å². The van der Waals surface area contributed by atoms with Gasteiger partial charge in [-0.25, -0.2) is 4.79 Å². The van der Waals surface area contributed by atoms with Crippen LogP contribution < -0.4 is 10.6 Å². The Labute approximate surface area is 168 Å². The van der Waals surface area contributed by atoms with Gasteiger partial charge in [0.05, 0.1) is 37.3 Å². The highest BCUT2D eigenvalue weighted by Gasteiger charge is 2.12. The predicted molar refractivity (Wildman–Crippen MR) is 110 cm³/mol. The summed E-state index contributed by atoms with van der Waals surface area (Å²) in [4.78, 5) is 11.9. The second-order valence-electron chi connectivity index (χ2n) is 6.09. The van der Waals surface area contributed by atoms with Gasteiger partial charge in [-0.05, 0) is 30.8 Å². The number of carbonyl (C=O) groups excluding carboxylic acids is 1. The zero-order valence-electron chi connectivity index (χ0n) is 15.8. The van der Waals surface area contributed by atoms with E-state index in [1.165, 1.54) is 7.11 Å². The zero-order chi connectivity index (χ0) is 19.9. The molecule has 3 aromatic rings. The number of thiocarbonyl (C=S) groups is 1. The van der Waals surface area contributed by atoms with Gasteiger partial charge in [-0.3, -0.25) is 9.36 Å². The molecular weight excluding hydrogens is 376 g/mol. The van der Waals surface area contributed by atoms with Crippen LogP contribution in [0.2, 0.25) is 0 Å². The summed E-state index contributed by atoms with van der Waals surface area (Å²) in [7, 11) is 1.37. The predicted octanol–water partition coefficient (Wildman–Crippen LogP) is 2.42. The van der Waals surface area contributed by atoms with E-state index >= 15 is 0 Å². The third-order valence-corrected chi connectivity index (χ3v) is 4.36. The van der Waals surface area contributed by atoms with Crippen molar-refractivity contribution in [2.24, 2.45) is 0 Å². The molecule has 0 radical (unpaired) electrons. The number of hydrogen-bond donors (Lipinski definition) is 2. The maximum absolute atomic E-state index is 11.9. The molecular formula is C19H22N6O2S. The summed E-state index contributed by atoms with van der Waals surface area (Å²) in [6.45, 7) is 3.91. The summed E-state index contributed by atoms with van der Waals surface area (Å²) in [5, 5.41) is 15.3. The number of aryl methyl sites for hydroxylation is 1. The number of nitrogens with zero attached hydrogens (tertiary/aromatic N) is 4. The SMILES string of the molecule is CCn1cc(CNC(=S)Nc2cnn(Cc3ccccc3C(=O)OC)c2)cn1. The van der Waals surface area contributed by atoms with Crippen LogP contribution in [-0.2, 0) is 24.4 Å². The Morgan fingerprint density at radius 2 is 1.96 bits per heavy atom. The van der Waals surface area contributed by atoms with E-state index < -0.39 is 0 Å². The largest absolute Gasteiger partial charge is 0.465 e. The molecule has 1 aromatic carbocycles. The van der Waals surface area contributed by atoms with Gasteiger partial charge in [-0.2, -0.15) is 10.2 Å². The molecule has 0 amide bonds. The van der Waals surface area contributed by atoms with Gasteiger partial charge in [0.2, 0.25) is 0 Å². The van der Waals surface area contributed by atoms with E-state index in [1.807, 2.05) is 42.3 Å². The van der Waals surface area contributed by atoms with Gasteiger partial charge in [0.15, 0.2) is 5.11 Å². The average Bonchev–Trinajstić information content (AvgIpc) is 3.35. The second kappa shape index (κ2) is 9.14. The van der Waals surface area contributed by atoms with E-state index in [2.05, 4.69) is 20.8 Å². The van der Waals surface area contributed by atoms with Crippen LogP contribution in [0.15, 0.2) is 49.1 Å². The first-order valence-electron chi connectivity index (χ1n) is 8.84. The average molecular weight is 398 g/mol. The normalized spacial score (nSPS) is 10.5. The van der Waals surface area contributed by atoms with E-state index in [-0.39, 0.29) is 5.97 Å². The van der Waals surface area contributed by atoms with Crippen LogP contribution in [0.25, 0.3) is 0 Å². The van der Waals surface area contributed by atoms with E-state index in [0.29, 0.717) is 23.8 Å². The smallest absolute Gasteiger partial charge is 0.338 e. The maximum atomic E-state index is 11.9. The molecule has 0 bridgehead atoms. The Bertz CT molecular complexity index is 965. The van der Waals surface area contributed by atoms with Crippen LogP contribution in [0.1, 0.15) is 28.4 Å². The van der Waals surface area contributed by atoms with E-state index in [4.69, 9.17) is 17.0 Å². The zero-order valence-corrected chi connectivity index (χ0v) is 16.6. The first-order chi connectivity index (χ1) is 13.6. The number of esters is 1. The monoisotopic (exact) mass is 398 g/mol. The van der Waals surface area contributed by atoms with Gasteiger partial charge in [-0.15, -0.1) is 0 Å². The van der Waals surface area contributed by atoms with Crippen LogP contribution in [0.3, 0.4) is 0 Å². The topological polar surface area (TPSA) is 86.0 Å². The van der Waals surface area contributed by atoms with Crippen LogP contribution in [0.5, 0.6) is 0 Å². The lowest BCUT2D eigenvalue weighted by molar-refractivity contribution is 0.0599. The third-order valence-electron chi connectivity index (χ3n) is 4.11. The van der Waals surface area contributed by atoms with Crippen LogP contribution in [0.4, 0.5) is 5.69 Å². The van der Waals surface area contributed by atoms with Gasteiger partial charge in [-0.1, -0.05) is 18.2 Å². The lowest BCUT2D eigenvalue weighted by atomic mass is 10.1. The first-order valence-corrected chi connectivity index (χ1v) is 9.24. The molecule has 0 aliphatic heterocycles. The molecule has 0 aliphatic carbocycles. The maximum Gasteiger partial charge on any atom is 0.338 e. The van der Waals surface area contributed by atoms with Gasteiger partial charge in [0.25, 0.3) is 0 Å². The molecule has 28 heavy (non-hydrogen) atoms. The summed E-state index contributed by atoms with van der Waals surface area (Å²) >= 11 is 5.33. The summed E-state index contributed by atoms with van der Waals surface area (Å²) in [6.07, 6.45) is 7.31. The number of nitrogens with one attached hydrogen (secondary N) is 2. The van der Waals surface area contributed by atoms with Crippen LogP contribution >= 0.6 is 12.2 Å². The molecule has 0 unspecified atom stereocenters. The second-order valence-corrected chi connectivity index (χ2v) is 6.50. The minimum atomic E-state index is -0.363. The van der Waals surface area contributed by atoms with Gasteiger partial charge in [0, 0.05) is 31.0 Å². The number of carbonyl (C=O) groups is 1. The lowest BCUT2D eigenvalue weighted by Crippen LogP contribution is -2.27. The number of aromatic nitrogens is 4. The molecule has 3 rings (SSSR count). The number of ether oxygens (including phenoxy) is 1. The molecule has 0 aliphatic rings. The van der Waals surface area contributed by atoms with Crippen LogP contribution in [0, 0.1) is 0 Å². The van der Waals surface area contributed by atoms with Crippen molar-refractivity contribution in [1.29, 1.82) is 0 Å². The van der Waals surface area contributed by atoms with Crippen molar-refractivity contribution in [3.63, 3.8) is 0 Å². The molecule has 2 N–H and O–H groups in total. The third kappa shape index (κ3) is 4.95. The molecule has 2 heterocycles. The highest BCUT2D eigenvalue weighted by Crippen LogP contribution is 2.13. The molecule has 0 atom stereocenters. The fourth-order valence-electron chi connectivity index (χ4n) is 2.68. The Morgan fingerprint density at radius 1 is 1.18 bits per heavy atom. The molecule has 0 fully saturated rings. The van der Waals surface area contributed by atoms with Crippen molar-refractivity contribution in [1.82, 2.24) is 24.9 Å². The van der Waals surface area contributed by atoms with E-state index in [0.717, 1.165) is 23.4 Å². The number of methoxy groups -OCH3 is 1. The van der Waals surface area contributed by atoms with Crippen molar-refractivity contribution < 1.29 is 9.53 Å². The van der Waals surface area contributed by atoms with E-state index in [1.54, 1.807) is 23.0 Å². The summed E-state index contributed by atoms with van der Waals surface area (Å²) < 4.78 is 8.43. The van der Waals surface area contributed by atoms with Crippen molar-refractivity contribution in [3.8, 4) is 0 Å². The molecule has 8 nitrogen and oxygen atoms in total. The Balaban J connectivity index is 1.57. The summed E-state index contributed by atoms with van der Waals surface area (Å²) in [6, 6.07) is 7.30. The highest BCUT2D eigenvalue weighted by molar-refractivity contribution is 7.80. The van der Waals surface area contributed by atoms with Gasteiger partial charge in [0.1, 0.15) is 0 Å². The van der Waals surface area contributed by atoms with E-state index in [9.17, 15) is 4.79 Å². The van der Waals surface area contributed by atoms with Crippen molar-refractivity contribution >= 4 is 29.0 Å². The molecule has 2 aromatic heterocycles. The summed E-state index contributed by atoms with van der Waals surface area (Å²) in [5.74, 6) is -0.363.